The Morgan fingerprint density at radius 2 is 1.93 bits per heavy atom. The molecule has 82 valence electrons. The summed E-state index contributed by atoms with van der Waals surface area (Å²) in [6.07, 6.45) is 0.320. The molecule has 0 spiro atoms. The molecule has 0 bridgehead atoms. The van der Waals surface area contributed by atoms with Gasteiger partial charge in [0.05, 0.1) is 13.0 Å². The highest BCUT2D eigenvalue weighted by Gasteiger charge is 2.03. The van der Waals surface area contributed by atoms with Crippen molar-refractivity contribution in [1.29, 1.82) is 0 Å². The van der Waals surface area contributed by atoms with Crippen LogP contribution in [0.25, 0.3) is 0 Å². The third-order valence-electron chi connectivity index (χ3n) is 1.81. The fourth-order valence-corrected chi connectivity index (χ4v) is 1.42. The van der Waals surface area contributed by atoms with Gasteiger partial charge in [0.25, 0.3) is 0 Å². The van der Waals surface area contributed by atoms with Gasteiger partial charge in [0.1, 0.15) is 6.61 Å². The molecule has 0 aliphatic heterocycles. The van der Waals surface area contributed by atoms with Crippen molar-refractivity contribution in [3.8, 4) is 0 Å². The van der Waals surface area contributed by atoms with Crippen LogP contribution in [0.4, 0.5) is 0 Å². The van der Waals surface area contributed by atoms with Gasteiger partial charge in [-0.25, -0.2) is 0 Å². The Kier molecular flexibility index (Phi) is 5.63. The van der Waals surface area contributed by atoms with Crippen LogP contribution >= 0.6 is 22.6 Å². The zero-order chi connectivity index (χ0) is 11.1. The molecule has 0 amide bonds. The van der Waals surface area contributed by atoms with Gasteiger partial charge in [0.2, 0.25) is 0 Å². The Bertz CT molecular complexity index is 308. The molecule has 1 rings (SSSR count). The number of ether oxygens (including phenoxy) is 2. The Morgan fingerprint density at radius 3 is 2.53 bits per heavy atom. The highest BCUT2D eigenvalue weighted by Crippen LogP contribution is 2.07. The van der Waals surface area contributed by atoms with Crippen LogP contribution in [0.3, 0.4) is 0 Å². The van der Waals surface area contributed by atoms with Crippen LogP contribution < -0.4 is 0 Å². The van der Waals surface area contributed by atoms with Gasteiger partial charge >= 0.3 is 5.97 Å². The first-order valence-corrected chi connectivity index (χ1v) is 5.69. The number of carbonyl (C=O) groups excluding carboxylic acids is 1. The van der Waals surface area contributed by atoms with Crippen molar-refractivity contribution in [3.63, 3.8) is 0 Å². The molecule has 0 N–H and O–H groups in total. The molecule has 0 atom stereocenters. The molecule has 0 heterocycles. The summed E-state index contributed by atoms with van der Waals surface area (Å²) >= 11 is 2.23. The Hall–Kier alpha value is -0.620. The predicted octanol–water partition coefficient (Wildman–Crippen LogP) is 2.02. The van der Waals surface area contributed by atoms with Gasteiger partial charge in [0, 0.05) is 10.7 Å². The van der Waals surface area contributed by atoms with Crippen molar-refractivity contribution in [3.05, 3.63) is 33.4 Å². The lowest BCUT2D eigenvalue weighted by Gasteiger charge is -2.04. The molecule has 3 nitrogen and oxygen atoms in total. The van der Waals surface area contributed by atoms with Gasteiger partial charge in [-0.1, -0.05) is 12.1 Å². The van der Waals surface area contributed by atoms with Gasteiger partial charge in [-0.15, -0.1) is 0 Å². The maximum atomic E-state index is 11.3. The molecule has 0 aromatic heterocycles. The third kappa shape index (κ3) is 5.13. The minimum absolute atomic E-state index is 0.215. The van der Waals surface area contributed by atoms with Crippen molar-refractivity contribution in [1.82, 2.24) is 0 Å². The number of rotatable bonds is 5. The number of hydrogen-bond donors (Lipinski definition) is 0. The van der Waals surface area contributed by atoms with Crippen LogP contribution in [0.15, 0.2) is 24.3 Å². The molecule has 0 unspecified atom stereocenters. The minimum atomic E-state index is -0.215. The standard InChI is InChI=1S/C11H13IO3/c1-14-6-7-15-11(13)8-9-2-4-10(12)5-3-9/h2-5H,6-8H2,1H3. The van der Waals surface area contributed by atoms with E-state index in [1.165, 1.54) is 0 Å². The van der Waals surface area contributed by atoms with E-state index < -0.39 is 0 Å². The fourth-order valence-electron chi connectivity index (χ4n) is 1.06. The maximum Gasteiger partial charge on any atom is 0.310 e. The molecule has 0 fully saturated rings. The van der Waals surface area contributed by atoms with Crippen molar-refractivity contribution < 1.29 is 14.3 Å². The number of carbonyl (C=O) groups is 1. The van der Waals surface area contributed by atoms with Crippen LogP contribution in [0.5, 0.6) is 0 Å². The summed E-state index contributed by atoms with van der Waals surface area (Å²) in [7, 11) is 1.58. The van der Waals surface area contributed by atoms with Crippen molar-refractivity contribution in [2.24, 2.45) is 0 Å². The Balaban J connectivity index is 2.34. The minimum Gasteiger partial charge on any atom is -0.463 e. The number of esters is 1. The smallest absolute Gasteiger partial charge is 0.310 e. The van der Waals surface area contributed by atoms with E-state index in [1.807, 2.05) is 24.3 Å². The van der Waals surface area contributed by atoms with E-state index in [4.69, 9.17) is 9.47 Å². The molecule has 0 saturated heterocycles. The predicted molar refractivity (Wildman–Crippen MR) is 65.7 cm³/mol. The van der Waals surface area contributed by atoms with Gasteiger partial charge in [-0.05, 0) is 40.3 Å². The molecule has 0 aliphatic rings. The van der Waals surface area contributed by atoms with Crippen molar-refractivity contribution >= 4 is 28.6 Å². The van der Waals surface area contributed by atoms with E-state index in [1.54, 1.807) is 7.11 Å². The number of methoxy groups -OCH3 is 1. The van der Waals surface area contributed by atoms with Gasteiger partial charge in [-0.3, -0.25) is 4.79 Å². The van der Waals surface area contributed by atoms with E-state index in [9.17, 15) is 4.79 Å². The normalized spacial score (nSPS) is 10.0. The monoisotopic (exact) mass is 320 g/mol. The fraction of sp³-hybridized carbons (Fsp3) is 0.364. The van der Waals surface area contributed by atoms with E-state index in [0.29, 0.717) is 19.6 Å². The lowest BCUT2D eigenvalue weighted by atomic mass is 10.2. The van der Waals surface area contributed by atoms with Gasteiger partial charge < -0.3 is 9.47 Å². The number of halogens is 1. The molecule has 15 heavy (non-hydrogen) atoms. The average molecular weight is 320 g/mol. The first-order valence-electron chi connectivity index (χ1n) is 4.61. The van der Waals surface area contributed by atoms with E-state index in [2.05, 4.69) is 22.6 Å². The van der Waals surface area contributed by atoms with Crippen molar-refractivity contribution in [2.45, 2.75) is 6.42 Å². The van der Waals surface area contributed by atoms with Crippen LogP contribution in [0, 0.1) is 3.57 Å². The zero-order valence-corrected chi connectivity index (χ0v) is 10.7. The second kappa shape index (κ2) is 6.79. The maximum absolute atomic E-state index is 11.3. The summed E-state index contributed by atoms with van der Waals surface area (Å²) in [6, 6.07) is 7.80. The quantitative estimate of drug-likeness (QED) is 0.473. The van der Waals surface area contributed by atoms with E-state index >= 15 is 0 Å². The van der Waals surface area contributed by atoms with Gasteiger partial charge in [-0.2, -0.15) is 0 Å². The molecule has 0 aliphatic carbocycles. The average Bonchev–Trinajstić information content (AvgIpc) is 2.22. The molecular formula is C11H13IO3. The summed E-state index contributed by atoms with van der Waals surface area (Å²) in [5.41, 5.74) is 0.970. The van der Waals surface area contributed by atoms with Gasteiger partial charge in [0.15, 0.2) is 0 Å². The number of hydrogen-bond acceptors (Lipinski definition) is 3. The summed E-state index contributed by atoms with van der Waals surface area (Å²) in [6.45, 7) is 0.762. The van der Waals surface area contributed by atoms with Crippen LogP contribution in [0.1, 0.15) is 5.56 Å². The lowest BCUT2D eigenvalue weighted by Crippen LogP contribution is -2.11. The summed E-state index contributed by atoms with van der Waals surface area (Å²) in [4.78, 5) is 11.3. The van der Waals surface area contributed by atoms with Crippen LogP contribution in [-0.4, -0.2) is 26.3 Å². The highest BCUT2D eigenvalue weighted by molar-refractivity contribution is 14.1. The highest BCUT2D eigenvalue weighted by atomic mass is 127. The first kappa shape index (κ1) is 12.4. The lowest BCUT2D eigenvalue weighted by molar-refractivity contribution is -0.144. The second-order valence-electron chi connectivity index (χ2n) is 3.02. The van der Waals surface area contributed by atoms with E-state index in [0.717, 1.165) is 9.13 Å². The molecule has 0 radical (unpaired) electrons. The molecule has 4 heteroatoms. The van der Waals surface area contributed by atoms with Crippen molar-refractivity contribution in [2.75, 3.05) is 20.3 Å². The molecule has 1 aromatic rings. The topological polar surface area (TPSA) is 35.5 Å². The Morgan fingerprint density at radius 1 is 1.27 bits per heavy atom. The Labute approximate surface area is 103 Å². The molecule has 1 aromatic carbocycles. The third-order valence-corrected chi connectivity index (χ3v) is 2.53. The van der Waals surface area contributed by atoms with E-state index in [-0.39, 0.29) is 5.97 Å². The summed E-state index contributed by atoms with van der Waals surface area (Å²) in [5, 5.41) is 0. The second-order valence-corrected chi connectivity index (χ2v) is 4.26. The molecule has 0 saturated carbocycles. The SMILES string of the molecule is COCCOC(=O)Cc1ccc(I)cc1. The summed E-state index contributed by atoms with van der Waals surface area (Å²) < 4.78 is 10.9. The zero-order valence-electron chi connectivity index (χ0n) is 8.53. The molecular weight excluding hydrogens is 307 g/mol. The van der Waals surface area contributed by atoms with Crippen LogP contribution in [-0.2, 0) is 20.7 Å². The summed E-state index contributed by atoms with van der Waals surface area (Å²) in [5.74, 6) is -0.215. The number of benzene rings is 1. The first-order chi connectivity index (χ1) is 7.22. The van der Waals surface area contributed by atoms with Crippen LogP contribution in [0.2, 0.25) is 0 Å². The largest absolute Gasteiger partial charge is 0.463 e.